The minimum Gasteiger partial charge on any atom is -0.383 e. The molecule has 2 heterocycles. The van der Waals surface area contributed by atoms with Crippen molar-refractivity contribution < 1.29 is 12.6 Å². The number of imidazole rings is 1. The molecule has 0 saturated carbocycles. The molecule has 25 heavy (non-hydrogen) atoms. The molecule has 0 aliphatic carbocycles. The Balaban J connectivity index is 1.79. The zero-order valence-corrected chi connectivity index (χ0v) is 14.7. The van der Waals surface area contributed by atoms with Crippen LogP contribution in [0.1, 0.15) is 5.56 Å². The van der Waals surface area contributed by atoms with Gasteiger partial charge in [-0.15, -0.1) is 0 Å². The number of benzene rings is 2. The Bertz CT molecular complexity index is 1300. The number of hydrogen-bond donors (Lipinski definition) is 0. The van der Waals surface area contributed by atoms with Gasteiger partial charge in [0.05, 0.1) is 21.8 Å². The van der Waals surface area contributed by atoms with Crippen molar-refractivity contribution in [2.45, 2.75) is 0 Å². The van der Waals surface area contributed by atoms with Crippen LogP contribution in [0.2, 0.25) is 0 Å². The summed E-state index contributed by atoms with van der Waals surface area (Å²) in [7, 11) is -3.56. The van der Waals surface area contributed by atoms with Gasteiger partial charge < -0.3 is 4.18 Å². The maximum Gasteiger partial charge on any atom is 0.306 e. The van der Waals surface area contributed by atoms with Crippen molar-refractivity contribution in [2.24, 2.45) is 0 Å². The van der Waals surface area contributed by atoms with E-state index >= 15 is 0 Å². The summed E-state index contributed by atoms with van der Waals surface area (Å²) in [4.78, 5) is 17.8. The second-order valence-electron chi connectivity index (χ2n) is 5.49. The van der Waals surface area contributed by atoms with Gasteiger partial charge in [0.1, 0.15) is 5.75 Å². The van der Waals surface area contributed by atoms with Gasteiger partial charge in [0.15, 0.2) is 4.96 Å². The molecular weight excluding hydrogens is 360 g/mol. The number of thiazole rings is 1. The molecule has 0 atom stereocenters. The van der Waals surface area contributed by atoms with Crippen LogP contribution < -0.4 is 14.3 Å². The minimum atomic E-state index is -3.56. The third kappa shape index (κ3) is 3.01. The highest BCUT2D eigenvalue weighted by molar-refractivity contribution is 7.86. The van der Waals surface area contributed by atoms with Crippen molar-refractivity contribution in [1.29, 1.82) is 0 Å². The van der Waals surface area contributed by atoms with E-state index in [1.807, 2.05) is 24.3 Å². The Morgan fingerprint density at radius 3 is 2.56 bits per heavy atom. The monoisotopic (exact) mass is 372 g/mol. The smallest absolute Gasteiger partial charge is 0.306 e. The standard InChI is InChI=1S/C17H12N2O4S2/c1-25(21,22)23-12-8-6-11(7-9-12)10-15-16(20)19-14-5-3-2-4-13(14)18-17(19)24-15/h2-10H,1H3/b15-10+. The topological polar surface area (TPSA) is 77.7 Å². The van der Waals surface area contributed by atoms with Crippen LogP contribution in [0.5, 0.6) is 5.75 Å². The highest BCUT2D eigenvalue weighted by Gasteiger charge is 2.10. The molecule has 0 aliphatic heterocycles. The Morgan fingerprint density at radius 1 is 1.12 bits per heavy atom. The maximum atomic E-state index is 12.7. The van der Waals surface area contributed by atoms with Crippen LogP contribution in [0.15, 0.2) is 53.3 Å². The number of aromatic nitrogens is 2. The van der Waals surface area contributed by atoms with E-state index in [1.165, 1.54) is 11.3 Å². The fourth-order valence-electron chi connectivity index (χ4n) is 2.56. The molecule has 6 nitrogen and oxygen atoms in total. The summed E-state index contributed by atoms with van der Waals surface area (Å²) in [6, 6.07) is 14.0. The van der Waals surface area contributed by atoms with Gasteiger partial charge in [0.2, 0.25) is 0 Å². The van der Waals surface area contributed by atoms with Crippen LogP contribution in [0, 0.1) is 0 Å². The average Bonchev–Trinajstić information content (AvgIpc) is 3.05. The first-order chi connectivity index (χ1) is 11.9. The number of para-hydroxylation sites is 2. The maximum absolute atomic E-state index is 12.7. The molecule has 0 amide bonds. The molecule has 0 radical (unpaired) electrons. The molecular formula is C17H12N2O4S2. The number of rotatable bonds is 3. The molecule has 4 rings (SSSR count). The lowest BCUT2D eigenvalue weighted by atomic mass is 10.2. The normalized spacial score (nSPS) is 12.9. The predicted octanol–water partition coefficient (Wildman–Crippen LogP) is 1.80. The van der Waals surface area contributed by atoms with Gasteiger partial charge in [-0.1, -0.05) is 35.6 Å². The van der Waals surface area contributed by atoms with Crippen LogP contribution in [-0.2, 0) is 10.1 Å². The van der Waals surface area contributed by atoms with E-state index in [2.05, 4.69) is 4.98 Å². The summed E-state index contributed by atoms with van der Waals surface area (Å²) < 4.78 is 29.2. The molecule has 0 unspecified atom stereocenters. The van der Waals surface area contributed by atoms with Gasteiger partial charge in [0, 0.05) is 0 Å². The first kappa shape index (κ1) is 15.8. The van der Waals surface area contributed by atoms with Crippen LogP contribution >= 0.6 is 11.3 Å². The van der Waals surface area contributed by atoms with Crippen LogP contribution in [-0.4, -0.2) is 24.1 Å². The summed E-state index contributed by atoms with van der Waals surface area (Å²) in [6.45, 7) is 0. The highest BCUT2D eigenvalue weighted by Crippen LogP contribution is 2.17. The highest BCUT2D eigenvalue weighted by atomic mass is 32.2. The Morgan fingerprint density at radius 2 is 1.84 bits per heavy atom. The van der Waals surface area contributed by atoms with Crippen LogP contribution in [0.4, 0.5) is 0 Å². The van der Waals surface area contributed by atoms with E-state index in [1.54, 1.807) is 34.7 Å². The Kier molecular flexibility index (Phi) is 3.59. The van der Waals surface area contributed by atoms with Crippen LogP contribution in [0.25, 0.3) is 22.1 Å². The molecule has 0 N–H and O–H groups in total. The summed E-state index contributed by atoms with van der Waals surface area (Å²) in [5.74, 6) is 0.231. The zero-order chi connectivity index (χ0) is 17.6. The second-order valence-corrected chi connectivity index (χ2v) is 8.07. The van der Waals surface area contributed by atoms with Crippen molar-refractivity contribution in [3.05, 3.63) is 69.0 Å². The molecule has 126 valence electrons. The summed E-state index contributed by atoms with van der Waals surface area (Å²) in [5.41, 5.74) is 2.23. The summed E-state index contributed by atoms with van der Waals surface area (Å²) in [6.07, 6.45) is 2.74. The molecule has 4 aromatic rings. The quantitative estimate of drug-likeness (QED) is 0.513. The second kappa shape index (κ2) is 5.68. The molecule has 0 aliphatic rings. The molecule has 2 aromatic heterocycles. The van der Waals surface area contributed by atoms with E-state index in [0.717, 1.165) is 22.9 Å². The predicted molar refractivity (Wildman–Crippen MR) is 97.5 cm³/mol. The van der Waals surface area contributed by atoms with E-state index in [0.29, 0.717) is 9.49 Å². The Hall–Kier alpha value is -2.71. The number of nitrogens with zero attached hydrogens (tertiary/aromatic N) is 2. The SMILES string of the molecule is CS(=O)(=O)Oc1ccc(/C=c2/sc3nc4ccccc4n3c2=O)cc1. The van der Waals surface area contributed by atoms with Crippen LogP contribution in [0.3, 0.4) is 0 Å². The van der Waals surface area contributed by atoms with Crippen molar-refractivity contribution in [3.63, 3.8) is 0 Å². The summed E-state index contributed by atoms with van der Waals surface area (Å²) >= 11 is 1.32. The van der Waals surface area contributed by atoms with Gasteiger partial charge in [-0.05, 0) is 35.9 Å². The van der Waals surface area contributed by atoms with Gasteiger partial charge in [-0.3, -0.25) is 4.79 Å². The lowest BCUT2D eigenvalue weighted by Gasteiger charge is -2.02. The number of fused-ring (bicyclic) bond motifs is 3. The summed E-state index contributed by atoms with van der Waals surface area (Å²) in [5, 5.41) is 0. The van der Waals surface area contributed by atoms with Crippen molar-refractivity contribution in [1.82, 2.24) is 9.38 Å². The molecule has 0 saturated heterocycles. The van der Waals surface area contributed by atoms with Gasteiger partial charge in [0.25, 0.3) is 5.56 Å². The van der Waals surface area contributed by atoms with E-state index in [4.69, 9.17) is 4.18 Å². The molecule has 0 spiro atoms. The molecule has 8 heteroatoms. The van der Waals surface area contributed by atoms with Crippen molar-refractivity contribution in [2.75, 3.05) is 6.26 Å². The third-order valence-electron chi connectivity index (χ3n) is 3.57. The zero-order valence-electron chi connectivity index (χ0n) is 13.0. The minimum absolute atomic E-state index is 0.120. The first-order valence-corrected chi connectivity index (χ1v) is 9.95. The first-order valence-electron chi connectivity index (χ1n) is 7.32. The molecule has 0 bridgehead atoms. The van der Waals surface area contributed by atoms with E-state index < -0.39 is 10.1 Å². The lowest BCUT2D eigenvalue weighted by molar-refractivity contribution is 0.493. The van der Waals surface area contributed by atoms with E-state index in [9.17, 15) is 13.2 Å². The fourth-order valence-corrected chi connectivity index (χ4v) is 4.01. The Labute approximate surface area is 146 Å². The van der Waals surface area contributed by atoms with Gasteiger partial charge in [-0.25, -0.2) is 9.38 Å². The van der Waals surface area contributed by atoms with E-state index in [-0.39, 0.29) is 11.3 Å². The molecule has 0 fully saturated rings. The number of hydrogen-bond acceptors (Lipinski definition) is 6. The van der Waals surface area contributed by atoms with Gasteiger partial charge >= 0.3 is 10.1 Å². The lowest BCUT2D eigenvalue weighted by Crippen LogP contribution is -2.22. The fraction of sp³-hybridized carbons (Fsp3) is 0.0588. The third-order valence-corrected chi connectivity index (χ3v) is 5.03. The van der Waals surface area contributed by atoms with Crippen molar-refractivity contribution >= 4 is 43.5 Å². The largest absolute Gasteiger partial charge is 0.383 e. The van der Waals surface area contributed by atoms with Crippen molar-refractivity contribution in [3.8, 4) is 5.75 Å². The average molecular weight is 372 g/mol. The van der Waals surface area contributed by atoms with Gasteiger partial charge in [-0.2, -0.15) is 8.42 Å². The molecule has 2 aromatic carbocycles.